The molecule has 2 N–H and O–H groups in total. The molecule has 3 heteroatoms. The topological polar surface area (TPSA) is 43.1 Å². The Morgan fingerprint density at radius 3 is 2.20 bits per heavy atom. The van der Waals surface area contributed by atoms with Crippen LogP contribution in [0.3, 0.4) is 0 Å². The third-order valence-corrected chi connectivity index (χ3v) is 5.13. The quantitative estimate of drug-likeness (QED) is 0.496. The smallest absolute Gasteiger partial charge is 0.0529 e. The van der Waals surface area contributed by atoms with Gasteiger partial charge in [0, 0.05) is 16.3 Å². The van der Waals surface area contributed by atoms with E-state index in [0.717, 1.165) is 28.3 Å². The highest BCUT2D eigenvalue weighted by Gasteiger charge is 2.05. The highest BCUT2D eigenvalue weighted by molar-refractivity contribution is 7.85. The van der Waals surface area contributed by atoms with E-state index in [1.54, 1.807) is 0 Å². The summed E-state index contributed by atoms with van der Waals surface area (Å²) in [4.78, 5) is 0.916. The molecule has 1 rings (SSSR count). The van der Waals surface area contributed by atoms with Crippen LogP contribution in [0.4, 0.5) is 5.69 Å². The van der Waals surface area contributed by atoms with Gasteiger partial charge in [0.2, 0.25) is 0 Å². The van der Waals surface area contributed by atoms with Crippen molar-refractivity contribution < 1.29 is 4.21 Å². The Kier molecular flexibility index (Phi) is 8.59. The molecule has 0 aromatic heterocycles. The molecular weight excluding hydrogens is 266 g/mol. The number of nitrogen functional groups attached to an aromatic ring is 1. The molecule has 0 spiro atoms. The van der Waals surface area contributed by atoms with E-state index in [4.69, 9.17) is 5.73 Å². The highest BCUT2D eigenvalue weighted by atomic mass is 32.2. The summed E-state index contributed by atoms with van der Waals surface area (Å²) >= 11 is 0. The molecule has 1 unspecified atom stereocenters. The molecule has 0 amide bonds. The molecule has 0 aliphatic heterocycles. The van der Waals surface area contributed by atoms with Gasteiger partial charge in [-0.2, -0.15) is 0 Å². The van der Waals surface area contributed by atoms with Crippen LogP contribution in [0.5, 0.6) is 0 Å². The number of unbranched alkanes of at least 4 members (excludes halogenated alkanes) is 7. The highest BCUT2D eigenvalue weighted by Crippen LogP contribution is 2.17. The van der Waals surface area contributed by atoms with Crippen molar-refractivity contribution in [2.24, 2.45) is 0 Å². The summed E-state index contributed by atoms with van der Waals surface area (Å²) in [6.45, 7) is 4.21. The number of benzene rings is 1. The van der Waals surface area contributed by atoms with Crippen LogP contribution >= 0.6 is 0 Å². The first-order valence-electron chi connectivity index (χ1n) is 7.89. The maximum atomic E-state index is 12.2. The van der Waals surface area contributed by atoms with Gasteiger partial charge in [-0.3, -0.25) is 4.21 Å². The predicted octanol–water partition coefficient (Wildman–Crippen LogP) is 4.83. The largest absolute Gasteiger partial charge is 0.399 e. The molecule has 2 nitrogen and oxygen atoms in total. The third-order valence-electron chi connectivity index (χ3n) is 3.69. The Balaban J connectivity index is 2.15. The summed E-state index contributed by atoms with van der Waals surface area (Å²) in [5.41, 5.74) is 7.58. The monoisotopic (exact) mass is 295 g/mol. The number of nitrogens with two attached hydrogens (primary N) is 1. The van der Waals surface area contributed by atoms with E-state index in [1.807, 2.05) is 25.1 Å². The van der Waals surface area contributed by atoms with Crippen molar-refractivity contribution in [3.8, 4) is 0 Å². The summed E-state index contributed by atoms with van der Waals surface area (Å²) in [5.74, 6) is 0.776. The fourth-order valence-electron chi connectivity index (χ4n) is 2.27. The van der Waals surface area contributed by atoms with E-state index in [0.29, 0.717) is 0 Å². The van der Waals surface area contributed by atoms with Crippen LogP contribution in [0.1, 0.15) is 63.9 Å². The summed E-state index contributed by atoms with van der Waals surface area (Å²) in [6, 6.07) is 5.70. The van der Waals surface area contributed by atoms with Crippen LogP contribution in [0.15, 0.2) is 23.1 Å². The van der Waals surface area contributed by atoms with Gasteiger partial charge in [0.15, 0.2) is 0 Å². The SMILES string of the molecule is CCCCCCCCCCS(=O)c1ccc(N)c(C)c1. The van der Waals surface area contributed by atoms with Gasteiger partial charge in [0.1, 0.15) is 0 Å². The lowest BCUT2D eigenvalue weighted by molar-refractivity contribution is 0.584. The van der Waals surface area contributed by atoms with E-state index < -0.39 is 10.8 Å². The summed E-state index contributed by atoms with van der Waals surface area (Å²) < 4.78 is 12.2. The summed E-state index contributed by atoms with van der Waals surface area (Å²) in [6.07, 6.45) is 10.3. The molecule has 1 aromatic carbocycles. The lowest BCUT2D eigenvalue weighted by Crippen LogP contribution is -2.00. The van der Waals surface area contributed by atoms with Gasteiger partial charge >= 0.3 is 0 Å². The molecule has 0 heterocycles. The van der Waals surface area contributed by atoms with Crippen molar-refractivity contribution in [3.05, 3.63) is 23.8 Å². The van der Waals surface area contributed by atoms with Crippen LogP contribution in [-0.2, 0) is 10.8 Å². The molecule has 0 radical (unpaired) electrons. The van der Waals surface area contributed by atoms with Gasteiger partial charge in [-0.25, -0.2) is 0 Å². The van der Waals surface area contributed by atoms with E-state index >= 15 is 0 Å². The molecule has 0 saturated heterocycles. The van der Waals surface area contributed by atoms with E-state index in [1.165, 1.54) is 44.9 Å². The van der Waals surface area contributed by atoms with Gasteiger partial charge in [-0.1, -0.05) is 51.9 Å². The zero-order chi connectivity index (χ0) is 14.8. The minimum atomic E-state index is -0.868. The number of hydrogen-bond donors (Lipinski definition) is 1. The van der Waals surface area contributed by atoms with Crippen molar-refractivity contribution in [1.29, 1.82) is 0 Å². The van der Waals surface area contributed by atoms with Crippen LogP contribution < -0.4 is 5.73 Å². The average Bonchev–Trinajstić information content (AvgIpc) is 2.44. The molecule has 114 valence electrons. The standard InChI is InChI=1S/C17H29NOS/c1-3-4-5-6-7-8-9-10-13-20(19)16-11-12-17(18)15(2)14-16/h11-12,14H,3-10,13,18H2,1-2H3. The van der Waals surface area contributed by atoms with Crippen LogP contribution in [0, 0.1) is 6.92 Å². The number of rotatable bonds is 10. The Labute approximate surface area is 126 Å². The van der Waals surface area contributed by atoms with Crippen molar-refractivity contribution in [3.63, 3.8) is 0 Å². The maximum absolute atomic E-state index is 12.2. The van der Waals surface area contributed by atoms with Gasteiger partial charge < -0.3 is 5.73 Å². The molecular formula is C17H29NOS. The second kappa shape index (κ2) is 9.98. The van der Waals surface area contributed by atoms with E-state index in [-0.39, 0.29) is 0 Å². The van der Waals surface area contributed by atoms with Gasteiger partial charge in [0.25, 0.3) is 0 Å². The molecule has 0 bridgehead atoms. The molecule has 1 atom stereocenters. The molecule has 0 fully saturated rings. The third kappa shape index (κ3) is 6.56. The fourth-order valence-corrected chi connectivity index (χ4v) is 3.50. The zero-order valence-corrected chi connectivity index (χ0v) is 13.8. The Hall–Kier alpha value is -0.830. The first-order chi connectivity index (χ1) is 9.65. The number of anilines is 1. The van der Waals surface area contributed by atoms with Crippen LogP contribution in [0.25, 0.3) is 0 Å². The van der Waals surface area contributed by atoms with Crippen molar-refractivity contribution >= 4 is 16.5 Å². The molecule has 0 saturated carbocycles. The second-order valence-corrected chi connectivity index (χ2v) is 7.11. The lowest BCUT2D eigenvalue weighted by Gasteiger charge is -2.05. The fraction of sp³-hybridized carbons (Fsp3) is 0.647. The average molecular weight is 295 g/mol. The Bertz CT molecular complexity index is 417. The maximum Gasteiger partial charge on any atom is 0.0529 e. The van der Waals surface area contributed by atoms with Crippen LogP contribution in [-0.4, -0.2) is 9.96 Å². The summed E-state index contributed by atoms with van der Waals surface area (Å²) in [7, 11) is -0.868. The van der Waals surface area contributed by atoms with Crippen molar-refractivity contribution in [2.45, 2.75) is 70.1 Å². The second-order valence-electron chi connectivity index (χ2n) is 5.54. The molecule has 20 heavy (non-hydrogen) atoms. The molecule has 0 aliphatic carbocycles. The van der Waals surface area contributed by atoms with Gasteiger partial charge in [-0.15, -0.1) is 0 Å². The van der Waals surface area contributed by atoms with E-state index in [9.17, 15) is 4.21 Å². The lowest BCUT2D eigenvalue weighted by atomic mass is 10.1. The number of aryl methyl sites for hydroxylation is 1. The minimum Gasteiger partial charge on any atom is -0.399 e. The number of hydrogen-bond acceptors (Lipinski definition) is 2. The molecule has 0 aliphatic rings. The van der Waals surface area contributed by atoms with E-state index in [2.05, 4.69) is 6.92 Å². The predicted molar refractivity (Wildman–Crippen MR) is 89.5 cm³/mol. The van der Waals surface area contributed by atoms with Gasteiger partial charge in [0.05, 0.1) is 10.8 Å². The van der Waals surface area contributed by atoms with Gasteiger partial charge in [-0.05, 0) is 37.1 Å². The Morgan fingerprint density at radius 1 is 1.00 bits per heavy atom. The zero-order valence-electron chi connectivity index (χ0n) is 13.0. The van der Waals surface area contributed by atoms with Crippen molar-refractivity contribution in [1.82, 2.24) is 0 Å². The van der Waals surface area contributed by atoms with Crippen LogP contribution in [0.2, 0.25) is 0 Å². The normalized spacial score (nSPS) is 12.5. The minimum absolute atomic E-state index is 0.776. The Morgan fingerprint density at radius 2 is 1.60 bits per heavy atom. The van der Waals surface area contributed by atoms with Crippen molar-refractivity contribution in [2.75, 3.05) is 11.5 Å². The first-order valence-corrected chi connectivity index (χ1v) is 9.21. The first kappa shape index (κ1) is 17.2. The molecule has 1 aromatic rings. The summed E-state index contributed by atoms with van der Waals surface area (Å²) in [5, 5.41) is 0.